The van der Waals surface area contributed by atoms with Crippen LogP contribution in [0.1, 0.15) is 13.3 Å². The second-order valence-electron chi connectivity index (χ2n) is 6.12. The second kappa shape index (κ2) is 7.28. The highest BCUT2D eigenvalue weighted by Crippen LogP contribution is 2.28. The minimum Gasteiger partial charge on any atom is -0.508 e. The fourth-order valence-corrected chi connectivity index (χ4v) is 3.92. The first-order chi connectivity index (χ1) is 13.2. The van der Waals surface area contributed by atoms with Crippen LogP contribution >= 0.6 is 11.8 Å². The molecule has 4 aromatic rings. The van der Waals surface area contributed by atoms with Gasteiger partial charge in [0, 0.05) is 11.8 Å². The van der Waals surface area contributed by atoms with E-state index in [-0.39, 0.29) is 16.9 Å². The Kier molecular flexibility index (Phi) is 4.68. The number of thioether (sulfide) groups is 1. The third kappa shape index (κ3) is 3.46. The van der Waals surface area contributed by atoms with Crippen LogP contribution in [0.15, 0.2) is 65.8 Å². The van der Waals surface area contributed by atoms with E-state index in [4.69, 9.17) is 0 Å². The minimum absolute atomic E-state index is 0.114. The van der Waals surface area contributed by atoms with Gasteiger partial charge < -0.3 is 10.4 Å². The van der Waals surface area contributed by atoms with E-state index in [0.29, 0.717) is 17.3 Å². The van der Waals surface area contributed by atoms with E-state index in [1.54, 1.807) is 18.2 Å². The first-order valence-corrected chi connectivity index (χ1v) is 9.53. The van der Waals surface area contributed by atoms with E-state index >= 15 is 0 Å². The molecule has 27 heavy (non-hydrogen) atoms. The molecule has 4 rings (SSSR count). The third-order valence-electron chi connectivity index (χ3n) is 4.27. The molecule has 2 aromatic heterocycles. The number of fused-ring (bicyclic) bond motifs is 3. The van der Waals surface area contributed by atoms with Crippen LogP contribution in [-0.4, -0.2) is 30.9 Å². The van der Waals surface area contributed by atoms with Gasteiger partial charge in [0.05, 0.1) is 10.8 Å². The Labute approximate surface area is 160 Å². The molecule has 0 aliphatic heterocycles. The molecule has 2 heterocycles. The summed E-state index contributed by atoms with van der Waals surface area (Å²) in [5, 5.41) is 22.4. The van der Waals surface area contributed by atoms with Gasteiger partial charge in [0.25, 0.3) is 0 Å². The van der Waals surface area contributed by atoms with Crippen molar-refractivity contribution in [1.82, 2.24) is 14.6 Å². The fourth-order valence-electron chi connectivity index (χ4n) is 2.94. The highest BCUT2D eigenvalue weighted by Gasteiger charge is 2.21. The summed E-state index contributed by atoms with van der Waals surface area (Å²) in [7, 11) is 0. The summed E-state index contributed by atoms with van der Waals surface area (Å²) in [5.41, 5.74) is 2.32. The van der Waals surface area contributed by atoms with Gasteiger partial charge in [0.2, 0.25) is 5.91 Å². The smallest absolute Gasteiger partial charge is 0.237 e. The van der Waals surface area contributed by atoms with Crippen LogP contribution in [-0.2, 0) is 4.79 Å². The van der Waals surface area contributed by atoms with Gasteiger partial charge in [-0.15, -0.1) is 10.2 Å². The van der Waals surface area contributed by atoms with E-state index in [0.717, 1.165) is 16.6 Å². The number of rotatable bonds is 5. The SMILES string of the molecule is CCC(Sc1nnc2ccc3ccccc3n12)C(=O)Nc1cccc(O)c1. The first-order valence-electron chi connectivity index (χ1n) is 8.65. The largest absolute Gasteiger partial charge is 0.508 e. The molecule has 136 valence electrons. The normalized spacial score (nSPS) is 12.3. The maximum Gasteiger partial charge on any atom is 0.237 e. The number of aromatic hydroxyl groups is 1. The number of nitrogens with one attached hydrogen (secondary N) is 1. The summed E-state index contributed by atoms with van der Waals surface area (Å²) in [6.07, 6.45) is 0.634. The Morgan fingerprint density at radius 3 is 2.81 bits per heavy atom. The summed E-state index contributed by atoms with van der Waals surface area (Å²) in [6, 6.07) is 18.5. The number of pyridine rings is 1. The van der Waals surface area contributed by atoms with E-state index in [9.17, 15) is 9.90 Å². The Bertz CT molecular complexity index is 1130. The summed E-state index contributed by atoms with van der Waals surface area (Å²) in [4.78, 5) is 12.7. The highest BCUT2D eigenvalue weighted by atomic mass is 32.2. The van der Waals surface area contributed by atoms with Crippen LogP contribution in [0.4, 0.5) is 5.69 Å². The zero-order valence-corrected chi connectivity index (χ0v) is 15.5. The van der Waals surface area contributed by atoms with Crippen molar-refractivity contribution in [2.45, 2.75) is 23.8 Å². The second-order valence-corrected chi connectivity index (χ2v) is 7.29. The molecule has 0 spiro atoms. The number of phenols is 1. The van der Waals surface area contributed by atoms with Crippen molar-refractivity contribution >= 4 is 39.9 Å². The molecule has 0 saturated heterocycles. The number of hydrogen-bond acceptors (Lipinski definition) is 5. The van der Waals surface area contributed by atoms with Gasteiger partial charge in [-0.25, -0.2) is 0 Å². The molecule has 1 amide bonds. The lowest BCUT2D eigenvalue weighted by atomic mass is 10.2. The van der Waals surface area contributed by atoms with Crippen molar-refractivity contribution in [2.75, 3.05) is 5.32 Å². The molecule has 6 nitrogen and oxygen atoms in total. The number of carbonyl (C=O) groups is 1. The van der Waals surface area contributed by atoms with Crippen LogP contribution in [0.25, 0.3) is 16.6 Å². The van der Waals surface area contributed by atoms with Crippen LogP contribution in [0.3, 0.4) is 0 Å². The number of para-hydroxylation sites is 1. The molecule has 0 fully saturated rings. The van der Waals surface area contributed by atoms with Crippen LogP contribution in [0.5, 0.6) is 5.75 Å². The summed E-state index contributed by atoms with van der Waals surface area (Å²) < 4.78 is 1.98. The van der Waals surface area contributed by atoms with Gasteiger partial charge in [-0.2, -0.15) is 0 Å². The average Bonchev–Trinajstić information content (AvgIpc) is 3.09. The molecular weight excluding hydrogens is 360 g/mol. The molecule has 2 aromatic carbocycles. The molecule has 1 unspecified atom stereocenters. The molecule has 0 aliphatic rings. The average molecular weight is 378 g/mol. The molecule has 0 bridgehead atoms. The number of carbonyl (C=O) groups excluding carboxylic acids is 1. The van der Waals surface area contributed by atoms with Crippen molar-refractivity contribution in [3.8, 4) is 5.75 Å². The topological polar surface area (TPSA) is 79.5 Å². The van der Waals surface area contributed by atoms with Gasteiger partial charge >= 0.3 is 0 Å². The van der Waals surface area contributed by atoms with Gasteiger partial charge in [-0.3, -0.25) is 9.20 Å². The Balaban J connectivity index is 1.63. The molecule has 0 radical (unpaired) electrons. The maximum atomic E-state index is 12.7. The van der Waals surface area contributed by atoms with Crippen LogP contribution < -0.4 is 5.32 Å². The monoisotopic (exact) mass is 378 g/mol. The van der Waals surface area contributed by atoms with Crippen molar-refractivity contribution in [3.63, 3.8) is 0 Å². The number of aromatic nitrogens is 3. The molecule has 0 aliphatic carbocycles. The number of hydrogen-bond donors (Lipinski definition) is 2. The fraction of sp³-hybridized carbons (Fsp3) is 0.150. The summed E-state index contributed by atoms with van der Waals surface area (Å²) in [6.45, 7) is 1.96. The number of nitrogens with zero attached hydrogens (tertiary/aromatic N) is 3. The standard InChI is InChI=1S/C20H18N4O2S/c1-2-17(19(26)21-14-7-5-8-15(25)12-14)27-20-23-22-18-11-10-13-6-3-4-9-16(13)24(18)20/h3-12,17,25H,2H2,1H3,(H,21,26). The molecule has 2 N–H and O–H groups in total. The Morgan fingerprint density at radius 1 is 1.15 bits per heavy atom. The maximum absolute atomic E-state index is 12.7. The van der Waals surface area contributed by atoms with Gasteiger partial charge in [-0.1, -0.05) is 43.0 Å². The summed E-state index contributed by atoms with van der Waals surface area (Å²) in [5.74, 6) is -0.0199. The Hall–Kier alpha value is -3.06. The lowest BCUT2D eigenvalue weighted by Gasteiger charge is -2.14. The van der Waals surface area contributed by atoms with Crippen LogP contribution in [0.2, 0.25) is 0 Å². The molecular formula is C20H18N4O2S. The van der Waals surface area contributed by atoms with E-state index in [1.807, 2.05) is 47.7 Å². The third-order valence-corrected chi connectivity index (χ3v) is 5.58. The predicted octanol–water partition coefficient (Wildman–Crippen LogP) is 4.10. The van der Waals surface area contributed by atoms with Crippen molar-refractivity contribution < 1.29 is 9.90 Å². The highest BCUT2D eigenvalue weighted by molar-refractivity contribution is 8.00. The van der Waals surface area contributed by atoms with E-state index < -0.39 is 0 Å². The molecule has 0 saturated carbocycles. The number of benzene rings is 2. The van der Waals surface area contributed by atoms with Gasteiger partial charge in [0.1, 0.15) is 5.75 Å². The molecule has 7 heteroatoms. The van der Waals surface area contributed by atoms with Crippen molar-refractivity contribution in [2.24, 2.45) is 0 Å². The lowest BCUT2D eigenvalue weighted by Crippen LogP contribution is -2.24. The Morgan fingerprint density at radius 2 is 2.00 bits per heavy atom. The van der Waals surface area contributed by atoms with Crippen molar-refractivity contribution in [1.29, 1.82) is 0 Å². The predicted molar refractivity (Wildman–Crippen MR) is 107 cm³/mol. The van der Waals surface area contributed by atoms with E-state index in [2.05, 4.69) is 15.5 Å². The molecule has 1 atom stereocenters. The minimum atomic E-state index is -0.335. The van der Waals surface area contributed by atoms with E-state index in [1.165, 1.54) is 17.8 Å². The summed E-state index contributed by atoms with van der Waals surface area (Å²) >= 11 is 1.39. The van der Waals surface area contributed by atoms with Gasteiger partial charge in [0.15, 0.2) is 10.8 Å². The number of phenolic OH excluding ortho intramolecular Hbond substituents is 1. The quantitative estimate of drug-likeness (QED) is 0.511. The van der Waals surface area contributed by atoms with Gasteiger partial charge in [-0.05, 0) is 42.1 Å². The van der Waals surface area contributed by atoms with Crippen molar-refractivity contribution in [3.05, 3.63) is 60.7 Å². The van der Waals surface area contributed by atoms with Crippen LogP contribution in [0, 0.1) is 0 Å². The number of anilines is 1. The zero-order chi connectivity index (χ0) is 18.8. The number of amides is 1. The zero-order valence-electron chi connectivity index (χ0n) is 14.7. The lowest BCUT2D eigenvalue weighted by molar-refractivity contribution is -0.115. The first kappa shape index (κ1) is 17.4.